The Labute approximate surface area is 232 Å². The van der Waals surface area contributed by atoms with E-state index in [9.17, 15) is 14.4 Å². The molecule has 40 heavy (non-hydrogen) atoms. The van der Waals surface area contributed by atoms with Crippen molar-refractivity contribution in [3.8, 4) is 0 Å². The summed E-state index contributed by atoms with van der Waals surface area (Å²) in [6.45, 7) is 2.50. The quantitative estimate of drug-likeness (QED) is 0.110. The number of aliphatic hydroxyl groups is 3. The molecule has 14 nitrogen and oxygen atoms in total. The van der Waals surface area contributed by atoms with Gasteiger partial charge in [-0.25, -0.2) is 27.4 Å². The van der Waals surface area contributed by atoms with Gasteiger partial charge in [-0.05, 0) is 25.9 Å². The Morgan fingerprint density at radius 2 is 1.07 bits per heavy atom. The van der Waals surface area contributed by atoms with E-state index in [2.05, 4.69) is 10.2 Å². The third kappa shape index (κ3) is 10.8. The van der Waals surface area contributed by atoms with Gasteiger partial charge < -0.3 is 25.5 Å². The van der Waals surface area contributed by atoms with Gasteiger partial charge in [0.05, 0.1) is 0 Å². The minimum Gasteiger partial charge on any atom is -0.358 e. The van der Waals surface area contributed by atoms with Gasteiger partial charge in [0.25, 0.3) is 5.91 Å². The summed E-state index contributed by atoms with van der Waals surface area (Å²) in [4.78, 5) is 39.4. The van der Waals surface area contributed by atoms with Crippen molar-refractivity contribution < 1.29 is 43.4 Å². The van der Waals surface area contributed by atoms with Crippen LogP contribution in [0.1, 0.15) is 25.7 Å². The number of aliphatic hydroxyl groups excluding tert-OH is 3. The molecular weight excluding hydrogens is 520 g/mol. The van der Waals surface area contributed by atoms with Gasteiger partial charge in [-0.1, -0.05) is 0 Å². The highest BCUT2D eigenvalue weighted by Crippen LogP contribution is 2.02. The van der Waals surface area contributed by atoms with Crippen molar-refractivity contribution in [3.63, 3.8) is 0 Å². The summed E-state index contributed by atoms with van der Waals surface area (Å²) in [5.74, 6) is 0.0234. The molecule has 0 aliphatic carbocycles. The van der Waals surface area contributed by atoms with Crippen molar-refractivity contribution in [2.24, 2.45) is 0 Å². The average molecular weight is 562 g/mol. The number of imidazole rings is 3. The van der Waals surface area contributed by atoms with Crippen molar-refractivity contribution in [1.82, 2.24) is 23.9 Å². The van der Waals surface area contributed by atoms with Crippen molar-refractivity contribution >= 4 is 17.5 Å². The molecule has 0 saturated heterocycles. The summed E-state index contributed by atoms with van der Waals surface area (Å²) >= 11 is 0. The van der Waals surface area contributed by atoms with Crippen molar-refractivity contribution in [3.05, 3.63) is 56.2 Å². The summed E-state index contributed by atoms with van der Waals surface area (Å²) in [5, 5.41) is 30.4. The lowest BCUT2D eigenvalue weighted by Gasteiger charge is -2.22. The molecule has 0 atom stereocenters. The molecule has 0 aliphatic heterocycles. The van der Waals surface area contributed by atoms with Crippen LogP contribution < -0.4 is 19.0 Å². The highest BCUT2D eigenvalue weighted by atomic mass is 16.3. The molecule has 4 N–H and O–H groups in total. The highest BCUT2D eigenvalue weighted by molar-refractivity contribution is 5.77. The van der Waals surface area contributed by atoms with Crippen molar-refractivity contribution in [2.75, 3.05) is 26.2 Å². The maximum Gasteiger partial charge on any atom is 0.262 e. The molecule has 0 bridgehead atoms. The molecule has 0 spiro atoms. The number of amides is 1. The molecule has 1 amide bonds. The largest absolute Gasteiger partial charge is 0.358 e. The van der Waals surface area contributed by atoms with E-state index >= 15 is 0 Å². The number of nitrogens with zero attached hydrogens (tertiary/aromatic N) is 7. The van der Waals surface area contributed by atoms with Crippen molar-refractivity contribution in [2.45, 2.75) is 65.5 Å². The standard InChI is InChI=1S/C26H40N8O6/c35-21-32-12-9-29(18-32)15-24(38)3-1-6-28(7-2-4-25(39)16-30-10-13-33(19-30)22-36)8-5-27-26(40)17-31-11-14-34(20-31)23-37/h9-14,18-20,35-37H,1-8,15-17,21-23H2/q+2/p+1. The number of carbonyl (C=O) groups excluding carboxylic acids is 3. The summed E-state index contributed by atoms with van der Waals surface area (Å²) in [6.07, 6.45) is 17.4. The first-order valence-corrected chi connectivity index (χ1v) is 13.4. The van der Waals surface area contributed by atoms with Gasteiger partial charge in [0, 0.05) is 25.9 Å². The summed E-state index contributed by atoms with van der Waals surface area (Å²) in [7, 11) is 0. The Kier molecular flexibility index (Phi) is 12.6. The van der Waals surface area contributed by atoms with E-state index in [4.69, 9.17) is 15.3 Å². The summed E-state index contributed by atoms with van der Waals surface area (Å²) < 4.78 is 9.85. The van der Waals surface area contributed by atoms with Gasteiger partial charge in [-0.15, -0.1) is 0 Å². The Morgan fingerprint density at radius 3 is 1.48 bits per heavy atom. The monoisotopic (exact) mass is 561 g/mol. The number of rotatable bonds is 20. The van der Waals surface area contributed by atoms with Crippen LogP contribution >= 0.6 is 0 Å². The summed E-state index contributed by atoms with van der Waals surface area (Å²) in [5.41, 5.74) is 0. The van der Waals surface area contributed by atoms with Gasteiger partial charge in [0.1, 0.15) is 50.3 Å². The SMILES string of the molecule is O=C(CCCN(CCCC(=O)C[n+]1ccn(CO)c1)CCNC(=O)C[n+]1ccn(CO)c1)C[n+]1ccn(CO)c1. The average Bonchev–Trinajstić information content (AvgIpc) is 3.69. The Hall–Kier alpha value is -3.72. The fraction of sp³-hybridized carbons (Fsp3) is 0.538. The summed E-state index contributed by atoms with van der Waals surface area (Å²) in [6, 6.07) is 0. The number of nitrogens with one attached hydrogen (secondary N) is 1. The molecule has 0 radical (unpaired) electrons. The first-order chi connectivity index (χ1) is 19.4. The molecular formula is C26H41N8O6+3. The Balaban J connectivity index is 1.43. The van der Waals surface area contributed by atoms with E-state index in [0.29, 0.717) is 51.9 Å². The zero-order chi connectivity index (χ0) is 28.7. The maximum absolute atomic E-state index is 12.4. The van der Waals surface area contributed by atoms with E-state index in [-0.39, 0.29) is 57.3 Å². The molecule has 3 heterocycles. The van der Waals surface area contributed by atoms with E-state index in [0.717, 1.165) is 0 Å². The number of hydrogen-bond acceptors (Lipinski definition) is 7. The number of carbonyl (C=O) groups is 3. The minimum atomic E-state index is -0.156. The van der Waals surface area contributed by atoms with Gasteiger partial charge in [0.15, 0.2) is 38.3 Å². The minimum absolute atomic E-state index is 0.0859. The maximum atomic E-state index is 12.4. The van der Waals surface area contributed by atoms with Crippen LogP contribution in [0.5, 0.6) is 0 Å². The molecule has 3 rings (SSSR count). The van der Waals surface area contributed by atoms with Gasteiger partial charge >= 0.3 is 0 Å². The molecule has 0 aliphatic rings. The molecule has 0 saturated carbocycles. The molecule has 0 aromatic carbocycles. The van der Waals surface area contributed by atoms with Crippen LogP contribution in [-0.2, 0) is 54.2 Å². The van der Waals surface area contributed by atoms with E-state index in [1.54, 1.807) is 83.6 Å². The zero-order valence-electron chi connectivity index (χ0n) is 22.8. The number of hydrogen-bond donors (Lipinski definition) is 4. The Bertz CT molecular complexity index is 1070. The molecule has 3 aromatic heterocycles. The normalized spacial score (nSPS) is 11.3. The first-order valence-electron chi connectivity index (χ1n) is 13.4. The van der Waals surface area contributed by atoms with E-state index in [1.807, 2.05) is 0 Å². The van der Waals surface area contributed by atoms with Crippen LogP contribution in [0.3, 0.4) is 0 Å². The number of Topliss-reactive ketones (excluding diaryl/α,β-unsaturated/α-hetero) is 2. The van der Waals surface area contributed by atoms with Crippen LogP contribution in [0.4, 0.5) is 0 Å². The zero-order valence-corrected chi connectivity index (χ0v) is 22.8. The topological polar surface area (TPSA) is 154 Å². The second-order valence-corrected chi connectivity index (χ2v) is 9.70. The lowest BCUT2D eigenvalue weighted by molar-refractivity contribution is -0.684. The Morgan fingerprint density at radius 1 is 0.650 bits per heavy atom. The van der Waals surface area contributed by atoms with E-state index in [1.165, 1.54) is 0 Å². The van der Waals surface area contributed by atoms with Crippen molar-refractivity contribution in [1.29, 1.82) is 0 Å². The molecule has 3 aromatic rings. The third-order valence-corrected chi connectivity index (χ3v) is 6.38. The smallest absolute Gasteiger partial charge is 0.262 e. The van der Waals surface area contributed by atoms with Gasteiger partial charge in [-0.3, -0.25) is 14.4 Å². The lowest BCUT2D eigenvalue weighted by Crippen LogP contribution is -2.44. The predicted molar refractivity (Wildman–Crippen MR) is 138 cm³/mol. The second kappa shape index (κ2) is 16.4. The van der Waals surface area contributed by atoms with Crippen LogP contribution in [-0.4, -0.2) is 77.6 Å². The van der Waals surface area contributed by atoms with Gasteiger partial charge in [0.2, 0.25) is 19.0 Å². The molecule has 0 unspecified atom stereocenters. The van der Waals surface area contributed by atoms with Crippen LogP contribution in [0.25, 0.3) is 0 Å². The predicted octanol–water partition coefficient (Wildman–Crippen LogP) is -2.68. The lowest BCUT2D eigenvalue weighted by atomic mass is 10.2. The van der Waals surface area contributed by atoms with Gasteiger partial charge in [-0.2, -0.15) is 0 Å². The van der Waals surface area contributed by atoms with Crippen LogP contribution in [0.2, 0.25) is 0 Å². The number of ketones is 2. The molecule has 218 valence electrons. The molecule has 0 fully saturated rings. The fourth-order valence-corrected chi connectivity index (χ4v) is 4.32. The van der Waals surface area contributed by atoms with Crippen LogP contribution in [0, 0.1) is 0 Å². The fourth-order valence-electron chi connectivity index (χ4n) is 4.32. The third-order valence-electron chi connectivity index (χ3n) is 6.38. The van der Waals surface area contributed by atoms with E-state index < -0.39 is 0 Å². The first kappa shape index (κ1) is 30.8. The number of aromatic nitrogens is 6. The molecule has 14 heteroatoms. The van der Waals surface area contributed by atoms with Crippen LogP contribution in [0.15, 0.2) is 56.2 Å². The highest BCUT2D eigenvalue weighted by Gasteiger charge is 2.14. The second-order valence-electron chi connectivity index (χ2n) is 9.70.